The maximum absolute atomic E-state index is 8.66. The molecule has 1 unspecified atom stereocenters. The molecule has 0 aliphatic heterocycles. The number of nitriles is 1. The van der Waals surface area contributed by atoms with Gasteiger partial charge in [0.15, 0.2) is 0 Å². The number of hydrogen-bond donors (Lipinski definition) is 1. The molecule has 0 saturated heterocycles. The molecule has 0 aromatic carbocycles. The molecule has 1 N–H and O–H groups in total. The molecule has 5 heteroatoms. The van der Waals surface area contributed by atoms with Gasteiger partial charge in [0.25, 0.3) is 0 Å². The predicted molar refractivity (Wildman–Crippen MR) is 46.7 cm³/mol. The van der Waals surface area contributed by atoms with E-state index in [2.05, 4.69) is 21.3 Å². The third-order valence-corrected chi connectivity index (χ3v) is 2.46. The third kappa shape index (κ3) is 2.24. The lowest BCUT2D eigenvalue weighted by Gasteiger charge is -1.99. The average Bonchev–Trinajstić information content (AvgIpc) is 2.47. The van der Waals surface area contributed by atoms with Crippen LogP contribution in [0.4, 0.5) is 0 Å². The van der Waals surface area contributed by atoms with Crippen LogP contribution < -0.4 is 0 Å². The second-order valence-electron chi connectivity index (χ2n) is 2.35. The summed E-state index contributed by atoms with van der Waals surface area (Å²) in [7, 11) is 0. The van der Waals surface area contributed by atoms with Crippen LogP contribution in [0.3, 0.4) is 0 Å². The Hall–Kier alpha value is -1.02. The van der Waals surface area contributed by atoms with E-state index in [9.17, 15) is 0 Å². The van der Waals surface area contributed by atoms with Gasteiger partial charge in [0.05, 0.1) is 11.3 Å². The summed E-state index contributed by atoms with van der Waals surface area (Å²) in [6.07, 6.45) is 0.814. The number of aromatic nitrogens is 3. The summed E-state index contributed by atoms with van der Waals surface area (Å²) in [5, 5.41) is 15.9. The van der Waals surface area contributed by atoms with E-state index in [-0.39, 0.29) is 5.25 Å². The van der Waals surface area contributed by atoms with Crippen molar-refractivity contribution in [3.05, 3.63) is 5.82 Å². The Balaban J connectivity index is 2.58. The van der Waals surface area contributed by atoms with Gasteiger partial charge in [-0.3, -0.25) is 5.10 Å². The standard InChI is InChI=1S/C7H10N4S/c1-3-6(4-8)12-7-9-5(2)10-11-7/h6H,3H2,1-2H3,(H,9,10,11). The summed E-state index contributed by atoms with van der Waals surface area (Å²) in [6, 6.07) is 2.18. The highest BCUT2D eigenvalue weighted by molar-refractivity contribution is 8.00. The zero-order valence-electron chi connectivity index (χ0n) is 7.03. The summed E-state index contributed by atoms with van der Waals surface area (Å²) in [5.41, 5.74) is 0. The van der Waals surface area contributed by atoms with E-state index in [0.717, 1.165) is 12.2 Å². The van der Waals surface area contributed by atoms with Crippen molar-refractivity contribution in [2.45, 2.75) is 30.7 Å². The third-order valence-electron chi connectivity index (χ3n) is 1.34. The minimum Gasteiger partial charge on any atom is -0.262 e. The maximum Gasteiger partial charge on any atom is 0.209 e. The smallest absolute Gasteiger partial charge is 0.209 e. The van der Waals surface area contributed by atoms with Crippen molar-refractivity contribution in [2.24, 2.45) is 0 Å². The molecule has 0 fully saturated rings. The monoisotopic (exact) mass is 182 g/mol. The highest BCUT2D eigenvalue weighted by atomic mass is 32.2. The van der Waals surface area contributed by atoms with Gasteiger partial charge in [0, 0.05) is 0 Å². The Morgan fingerprint density at radius 2 is 2.50 bits per heavy atom. The molecule has 0 aliphatic carbocycles. The van der Waals surface area contributed by atoms with Crippen molar-refractivity contribution < 1.29 is 0 Å². The van der Waals surface area contributed by atoms with Crippen molar-refractivity contribution in [1.29, 1.82) is 5.26 Å². The van der Waals surface area contributed by atoms with Crippen LogP contribution in [0.15, 0.2) is 5.16 Å². The van der Waals surface area contributed by atoms with Crippen LogP contribution in [0.1, 0.15) is 19.2 Å². The van der Waals surface area contributed by atoms with E-state index in [1.807, 2.05) is 13.8 Å². The largest absolute Gasteiger partial charge is 0.262 e. The molecule has 1 atom stereocenters. The first-order valence-electron chi connectivity index (χ1n) is 3.71. The van der Waals surface area contributed by atoms with E-state index in [0.29, 0.717) is 5.16 Å². The van der Waals surface area contributed by atoms with Crippen LogP contribution in [0.25, 0.3) is 0 Å². The van der Waals surface area contributed by atoms with Crippen LogP contribution in [0.5, 0.6) is 0 Å². The van der Waals surface area contributed by atoms with Gasteiger partial charge in [-0.25, -0.2) is 4.98 Å². The Labute approximate surface area is 75.4 Å². The fourth-order valence-electron chi connectivity index (χ4n) is 0.703. The molecular formula is C7H10N4S. The summed E-state index contributed by atoms with van der Waals surface area (Å²) in [6.45, 7) is 3.81. The fourth-order valence-corrected chi connectivity index (χ4v) is 1.46. The molecular weight excluding hydrogens is 172 g/mol. The van der Waals surface area contributed by atoms with Gasteiger partial charge in [0.1, 0.15) is 5.82 Å². The fraction of sp³-hybridized carbons (Fsp3) is 0.571. The molecule has 1 heterocycles. The van der Waals surface area contributed by atoms with Crippen LogP contribution in [-0.4, -0.2) is 20.4 Å². The van der Waals surface area contributed by atoms with E-state index >= 15 is 0 Å². The zero-order valence-corrected chi connectivity index (χ0v) is 7.85. The van der Waals surface area contributed by atoms with Crippen LogP contribution in [0.2, 0.25) is 0 Å². The van der Waals surface area contributed by atoms with Gasteiger partial charge < -0.3 is 0 Å². The van der Waals surface area contributed by atoms with Crippen molar-refractivity contribution in [3.63, 3.8) is 0 Å². The number of hydrogen-bond acceptors (Lipinski definition) is 4. The molecule has 0 radical (unpaired) electrons. The molecule has 4 nitrogen and oxygen atoms in total. The van der Waals surface area contributed by atoms with Crippen molar-refractivity contribution in [1.82, 2.24) is 15.2 Å². The van der Waals surface area contributed by atoms with E-state index in [4.69, 9.17) is 5.26 Å². The lowest BCUT2D eigenvalue weighted by molar-refractivity contribution is 0.940. The van der Waals surface area contributed by atoms with E-state index in [1.165, 1.54) is 11.8 Å². The number of thioether (sulfide) groups is 1. The number of nitrogens with zero attached hydrogens (tertiary/aromatic N) is 3. The molecule has 0 spiro atoms. The lowest BCUT2D eigenvalue weighted by Crippen LogP contribution is -1.95. The van der Waals surface area contributed by atoms with E-state index in [1.54, 1.807) is 0 Å². The lowest BCUT2D eigenvalue weighted by atomic mass is 10.4. The second kappa shape index (κ2) is 4.12. The van der Waals surface area contributed by atoms with Crippen molar-refractivity contribution in [3.8, 4) is 6.07 Å². The summed E-state index contributed by atoms with van der Waals surface area (Å²) < 4.78 is 0. The first kappa shape index (κ1) is 9.07. The minimum absolute atomic E-state index is 0.0415. The first-order chi connectivity index (χ1) is 5.76. The molecule has 0 bridgehead atoms. The topological polar surface area (TPSA) is 65.4 Å². The molecule has 0 saturated carbocycles. The molecule has 1 rings (SSSR count). The van der Waals surface area contributed by atoms with Crippen LogP contribution >= 0.6 is 11.8 Å². The summed E-state index contributed by atoms with van der Waals surface area (Å²) in [5.74, 6) is 0.783. The molecule has 1 aromatic heterocycles. The van der Waals surface area contributed by atoms with Crippen molar-refractivity contribution >= 4 is 11.8 Å². The molecule has 0 amide bonds. The predicted octanol–water partition coefficient (Wildman–Crippen LogP) is 1.51. The number of aryl methyl sites for hydroxylation is 1. The second-order valence-corrected chi connectivity index (χ2v) is 3.52. The van der Waals surface area contributed by atoms with Gasteiger partial charge in [-0.15, -0.1) is 5.10 Å². The Morgan fingerprint density at radius 3 is 2.92 bits per heavy atom. The number of H-pyrrole nitrogens is 1. The van der Waals surface area contributed by atoms with Crippen LogP contribution in [-0.2, 0) is 0 Å². The number of aromatic amines is 1. The van der Waals surface area contributed by atoms with Crippen molar-refractivity contribution in [2.75, 3.05) is 0 Å². The normalized spacial score (nSPS) is 12.4. The average molecular weight is 182 g/mol. The zero-order chi connectivity index (χ0) is 8.97. The van der Waals surface area contributed by atoms with Gasteiger partial charge >= 0.3 is 0 Å². The van der Waals surface area contributed by atoms with Gasteiger partial charge in [-0.05, 0) is 13.3 Å². The highest BCUT2D eigenvalue weighted by Gasteiger charge is 2.09. The quantitative estimate of drug-likeness (QED) is 0.719. The molecule has 64 valence electrons. The van der Waals surface area contributed by atoms with Gasteiger partial charge in [-0.1, -0.05) is 18.7 Å². The Kier molecular flexibility index (Phi) is 3.11. The molecule has 0 aliphatic rings. The first-order valence-corrected chi connectivity index (χ1v) is 4.59. The summed E-state index contributed by atoms with van der Waals surface area (Å²) >= 11 is 1.39. The Morgan fingerprint density at radius 1 is 1.75 bits per heavy atom. The van der Waals surface area contributed by atoms with Gasteiger partial charge in [-0.2, -0.15) is 5.26 Å². The molecule has 12 heavy (non-hydrogen) atoms. The molecule has 1 aromatic rings. The van der Waals surface area contributed by atoms with Gasteiger partial charge in [0.2, 0.25) is 5.16 Å². The number of rotatable bonds is 3. The highest BCUT2D eigenvalue weighted by Crippen LogP contribution is 2.20. The van der Waals surface area contributed by atoms with Crippen LogP contribution in [0, 0.1) is 18.3 Å². The SMILES string of the molecule is CCC(C#N)Sc1n[nH]c(C)n1. The maximum atomic E-state index is 8.66. The number of nitrogens with one attached hydrogen (secondary N) is 1. The minimum atomic E-state index is -0.0415. The summed E-state index contributed by atoms with van der Waals surface area (Å²) in [4.78, 5) is 4.09. The van der Waals surface area contributed by atoms with E-state index < -0.39 is 0 Å². The Bertz CT molecular complexity index is 288.